The Balaban J connectivity index is 2.58. The fourth-order valence-electron chi connectivity index (χ4n) is 0.893. The summed E-state index contributed by atoms with van der Waals surface area (Å²) in [6.07, 6.45) is 10.7. The zero-order valence-electron chi connectivity index (χ0n) is 5.75. The second kappa shape index (κ2) is 2.67. The smallest absolute Gasteiger partial charge is 0.0125 e. The predicted octanol–water partition coefficient (Wildman–Crippen LogP) is 2.55. The van der Waals surface area contributed by atoms with E-state index in [2.05, 4.69) is 37.8 Å². The van der Waals surface area contributed by atoms with Crippen molar-refractivity contribution in [1.82, 2.24) is 0 Å². The van der Waals surface area contributed by atoms with E-state index in [9.17, 15) is 0 Å². The molecule has 0 unspecified atom stereocenters. The zero-order valence-corrected chi connectivity index (χ0v) is 5.75. The molecule has 0 spiro atoms. The normalized spacial score (nSPS) is 32.6. The van der Waals surface area contributed by atoms with E-state index < -0.39 is 0 Å². The van der Waals surface area contributed by atoms with Crippen LogP contribution in [0, 0.1) is 11.8 Å². The second-order valence-electron chi connectivity index (χ2n) is 2.44. The van der Waals surface area contributed by atoms with Gasteiger partial charge in [0.15, 0.2) is 0 Å². The van der Waals surface area contributed by atoms with Crippen LogP contribution in [0.4, 0.5) is 0 Å². The van der Waals surface area contributed by atoms with E-state index in [1.165, 1.54) is 0 Å². The lowest BCUT2D eigenvalue weighted by Gasteiger charge is -2.08. The number of allylic oxidation sites excluding steroid dienone is 5. The van der Waals surface area contributed by atoms with Gasteiger partial charge in [0.1, 0.15) is 0 Å². The molecule has 0 heterocycles. The monoisotopic (exact) mass is 120 g/mol. The Morgan fingerprint density at radius 1 is 1.22 bits per heavy atom. The summed E-state index contributed by atoms with van der Waals surface area (Å²) in [5, 5.41) is 0. The first-order chi connectivity index (χ1) is 4.33. The van der Waals surface area contributed by atoms with Gasteiger partial charge in [-0.05, 0) is 5.92 Å². The molecule has 0 heteroatoms. The zero-order chi connectivity index (χ0) is 6.69. The minimum atomic E-state index is 0.473. The molecule has 0 radical (unpaired) electrons. The predicted molar refractivity (Wildman–Crippen MR) is 41.1 cm³/mol. The van der Waals surface area contributed by atoms with Crippen LogP contribution in [-0.4, -0.2) is 0 Å². The van der Waals surface area contributed by atoms with Gasteiger partial charge < -0.3 is 0 Å². The third kappa shape index (κ3) is 1.56. The van der Waals surface area contributed by atoms with Crippen LogP contribution in [0.5, 0.6) is 0 Å². The lowest BCUT2D eigenvalue weighted by Crippen LogP contribution is -1.94. The molecule has 0 nitrogen and oxygen atoms in total. The van der Waals surface area contributed by atoms with Crippen LogP contribution in [0.1, 0.15) is 6.92 Å². The van der Waals surface area contributed by atoms with Crippen molar-refractivity contribution in [3.63, 3.8) is 0 Å². The highest BCUT2D eigenvalue weighted by Gasteiger charge is 1.99. The van der Waals surface area contributed by atoms with Gasteiger partial charge in [-0.3, -0.25) is 0 Å². The highest BCUT2D eigenvalue weighted by Crippen LogP contribution is 2.13. The molecule has 0 atom stereocenters. The molecule has 0 saturated carbocycles. The first-order valence-electron chi connectivity index (χ1n) is 3.32. The molecule has 1 aliphatic rings. The van der Waals surface area contributed by atoms with Crippen LogP contribution >= 0.6 is 0 Å². The summed E-state index contributed by atoms with van der Waals surface area (Å²) in [5.74, 6) is 1.09. The Morgan fingerprint density at radius 2 is 1.78 bits per heavy atom. The molecule has 0 aromatic heterocycles. The molecule has 0 amide bonds. The van der Waals surface area contributed by atoms with Crippen molar-refractivity contribution in [3.05, 3.63) is 37.0 Å². The van der Waals surface area contributed by atoms with Crippen molar-refractivity contribution in [2.45, 2.75) is 6.92 Å². The van der Waals surface area contributed by atoms with Gasteiger partial charge in [-0.15, -0.1) is 6.58 Å². The van der Waals surface area contributed by atoms with E-state index in [0.29, 0.717) is 11.8 Å². The van der Waals surface area contributed by atoms with Crippen LogP contribution in [0.2, 0.25) is 0 Å². The summed E-state index contributed by atoms with van der Waals surface area (Å²) in [5.41, 5.74) is 0. The second-order valence-corrected chi connectivity index (χ2v) is 2.44. The third-order valence-corrected chi connectivity index (χ3v) is 1.55. The summed E-state index contributed by atoms with van der Waals surface area (Å²) < 4.78 is 0. The van der Waals surface area contributed by atoms with Gasteiger partial charge in [-0.1, -0.05) is 37.3 Å². The van der Waals surface area contributed by atoms with Crippen molar-refractivity contribution in [2.24, 2.45) is 11.8 Å². The highest BCUT2D eigenvalue weighted by atomic mass is 14.0. The molecule has 0 N–H and O–H groups in total. The molecule has 0 aromatic rings. The van der Waals surface area contributed by atoms with E-state index in [0.717, 1.165) is 0 Å². The van der Waals surface area contributed by atoms with Gasteiger partial charge >= 0.3 is 0 Å². The first kappa shape index (κ1) is 6.34. The number of rotatable bonds is 1. The molecule has 9 heavy (non-hydrogen) atoms. The van der Waals surface area contributed by atoms with Gasteiger partial charge in [0.25, 0.3) is 0 Å². The summed E-state index contributed by atoms with van der Waals surface area (Å²) in [4.78, 5) is 0. The molecule has 0 saturated heterocycles. The van der Waals surface area contributed by atoms with E-state index in [1.807, 2.05) is 6.08 Å². The standard InChI is InChI=1S/C9H12/c1-3-9-6-4-8(2)5-7-9/h3-9H,1H2,2H3. The SMILES string of the molecule is C=CC1C=CC(C)C=C1. The largest absolute Gasteiger partial charge is 0.102 e. The molecule has 0 aliphatic heterocycles. The van der Waals surface area contributed by atoms with Crippen molar-refractivity contribution in [1.29, 1.82) is 0 Å². The molecule has 0 fully saturated rings. The van der Waals surface area contributed by atoms with Crippen LogP contribution in [0.15, 0.2) is 37.0 Å². The van der Waals surface area contributed by atoms with Gasteiger partial charge in [0, 0.05) is 5.92 Å². The minimum absolute atomic E-state index is 0.473. The minimum Gasteiger partial charge on any atom is -0.102 e. The lowest BCUT2D eigenvalue weighted by atomic mass is 9.98. The van der Waals surface area contributed by atoms with E-state index in [-0.39, 0.29) is 0 Å². The maximum absolute atomic E-state index is 3.71. The van der Waals surface area contributed by atoms with Gasteiger partial charge in [0.05, 0.1) is 0 Å². The van der Waals surface area contributed by atoms with Crippen LogP contribution in [-0.2, 0) is 0 Å². The van der Waals surface area contributed by atoms with Crippen LogP contribution < -0.4 is 0 Å². The van der Waals surface area contributed by atoms with Crippen molar-refractivity contribution in [3.8, 4) is 0 Å². The van der Waals surface area contributed by atoms with Crippen molar-refractivity contribution >= 4 is 0 Å². The molecule has 0 bridgehead atoms. The third-order valence-electron chi connectivity index (χ3n) is 1.55. The molecule has 1 rings (SSSR count). The van der Waals surface area contributed by atoms with Gasteiger partial charge in [-0.2, -0.15) is 0 Å². The van der Waals surface area contributed by atoms with Crippen LogP contribution in [0.25, 0.3) is 0 Å². The Labute approximate surface area is 56.6 Å². The molecule has 1 aliphatic carbocycles. The molecule has 48 valence electrons. The first-order valence-corrected chi connectivity index (χ1v) is 3.32. The summed E-state index contributed by atoms with van der Waals surface area (Å²) in [7, 11) is 0. The van der Waals surface area contributed by atoms with Crippen molar-refractivity contribution < 1.29 is 0 Å². The number of hydrogen-bond acceptors (Lipinski definition) is 0. The maximum Gasteiger partial charge on any atom is 0.0125 e. The Bertz CT molecular complexity index is 137. The van der Waals surface area contributed by atoms with E-state index in [4.69, 9.17) is 0 Å². The average Bonchev–Trinajstić information content (AvgIpc) is 1.90. The molecule has 0 aromatic carbocycles. The molecular formula is C9H12. The summed E-state index contributed by atoms with van der Waals surface area (Å²) in [6, 6.07) is 0. The van der Waals surface area contributed by atoms with Crippen molar-refractivity contribution in [2.75, 3.05) is 0 Å². The van der Waals surface area contributed by atoms with E-state index >= 15 is 0 Å². The quantitative estimate of drug-likeness (QED) is 0.466. The Hall–Kier alpha value is -0.780. The fraction of sp³-hybridized carbons (Fsp3) is 0.333. The summed E-state index contributed by atoms with van der Waals surface area (Å²) in [6.45, 7) is 5.88. The topological polar surface area (TPSA) is 0 Å². The van der Waals surface area contributed by atoms with E-state index in [1.54, 1.807) is 0 Å². The van der Waals surface area contributed by atoms with Crippen LogP contribution in [0.3, 0.4) is 0 Å². The maximum atomic E-state index is 3.71. The molecular weight excluding hydrogens is 108 g/mol. The fourth-order valence-corrected chi connectivity index (χ4v) is 0.893. The lowest BCUT2D eigenvalue weighted by molar-refractivity contribution is 0.869. The Morgan fingerprint density at radius 3 is 2.22 bits per heavy atom. The van der Waals surface area contributed by atoms with Gasteiger partial charge in [-0.25, -0.2) is 0 Å². The summed E-state index contributed by atoms with van der Waals surface area (Å²) >= 11 is 0. The average molecular weight is 120 g/mol. The van der Waals surface area contributed by atoms with Gasteiger partial charge in [0.2, 0.25) is 0 Å². The highest BCUT2D eigenvalue weighted by molar-refractivity contribution is 5.16. The Kier molecular flexibility index (Phi) is 1.88. The number of hydrogen-bond donors (Lipinski definition) is 0.